The molecule has 2 heterocycles. The van der Waals surface area contributed by atoms with Crippen molar-refractivity contribution in [2.45, 2.75) is 38.7 Å². The second kappa shape index (κ2) is 7.80. The largest absolute Gasteiger partial charge is 0.457 e. The number of hydrogen-bond acceptors (Lipinski definition) is 3. The van der Waals surface area contributed by atoms with Crippen molar-refractivity contribution in [3.8, 4) is 11.5 Å². The van der Waals surface area contributed by atoms with Crippen LogP contribution in [0.2, 0.25) is 0 Å². The Morgan fingerprint density at radius 1 is 1.04 bits per heavy atom. The van der Waals surface area contributed by atoms with Crippen LogP contribution >= 0.6 is 0 Å². The lowest BCUT2D eigenvalue weighted by Crippen LogP contribution is -2.48. The minimum absolute atomic E-state index is 0.0773. The number of nitrogens with zero attached hydrogens (tertiary/aromatic N) is 1. The average molecular weight is 377 g/mol. The molecule has 1 fully saturated rings. The molecule has 2 aliphatic rings. The highest BCUT2D eigenvalue weighted by molar-refractivity contribution is 5.94. The van der Waals surface area contributed by atoms with Crippen LogP contribution in [0.4, 0.5) is 0 Å². The van der Waals surface area contributed by atoms with Gasteiger partial charge in [0.2, 0.25) is 0 Å². The number of rotatable bonds is 3. The smallest absolute Gasteiger partial charge is 0.253 e. The third-order valence-corrected chi connectivity index (χ3v) is 5.62. The van der Waals surface area contributed by atoms with Crippen LogP contribution < -0.4 is 4.74 Å². The SMILES string of the molecule is CC1=CC2(CCN(C(=O)c3ccc(Oc4cccc(C)c4)cc3)CC2)OCC1. The fraction of sp³-hybridized carbons (Fsp3) is 0.375. The highest BCUT2D eigenvalue weighted by atomic mass is 16.5. The van der Waals surface area contributed by atoms with Crippen LogP contribution in [0, 0.1) is 6.92 Å². The lowest BCUT2D eigenvalue weighted by Gasteiger charge is -2.42. The Bertz CT molecular complexity index is 877. The molecule has 4 rings (SSSR count). The number of likely N-dealkylation sites (tertiary alicyclic amines) is 1. The Balaban J connectivity index is 1.38. The molecule has 2 aliphatic heterocycles. The van der Waals surface area contributed by atoms with Crippen LogP contribution in [-0.2, 0) is 4.74 Å². The standard InChI is InChI=1S/C24H27NO3/c1-18-4-3-5-22(16-18)28-21-8-6-20(7-9-21)23(26)25-13-11-24(12-14-25)17-19(2)10-15-27-24/h3-9,16-17H,10-15H2,1-2H3. The normalized spacial score (nSPS) is 18.6. The van der Waals surface area contributed by atoms with Crippen molar-refractivity contribution >= 4 is 5.91 Å². The fourth-order valence-electron chi connectivity index (χ4n) is 4.02. The highest BCUT2D eigenvalue weighted by Gasteiger charge is 2.36. The Hall–Kier alpha value is -2.59. The second-order valence-electron chi connectivity index (χ2n) is 7.89. The van der Waals surface area contributed by atoms with E-state index in [0.717, 1.165) is 56.0 Å². The molecule has 0 bridgehead atoms. The molecule has 0 aromatic heterocycles. The molecule has 1 spiro atoms. The third-order valence-electron chi connectivity index (χ3n) is 5.62. The molecule has 1 amide bonds. The predicted molar refractivity (Wildman–Crippen MR) is 110 cm³/mol. The second-order valence-corrected chi connectivity index (χ2v) is 7.89. The molecular weight excluding hydrogens is 350 g/mol. The predicted octanol–water partition coefficient (Wildman–Crippen LogP) is 5.13. The van der Waals surface area contributed by atoms with Gasteiger partial charge in [0.15, 0.2) is 0 Å². The Labute approximate surface area is 166 Å². The summed E-state index contributed by atoms with van der Waals surface area (Å²) in [5.74, 6) is 1.61. The summed E-state index contributed by atoms with van der Waals surface area (Å²) in [5.41, 5.74) is 3.09. The Morgan fingerprint density at radius 3 is 2.46 bits per heavy atom. The lowest BCUT2D eigenvalue weighted by atomic mass is 9.87. The molecule has 1 saturated heterocycles. The van der Waals surface area contributed by atoms with E-state index in [2.05, 4.69) is 13.0 Å². The van der Waals surface area contributed by atoms with Gasteiger partial charge in [0, 0.05) is 18.7 Å². The van der Waals surface area contributed by atoms with Gasteiger partial charge in [-0.15, -0.1) is 0 Å². The van der Waals surface area contributed by atoms with Gasteiger partial charge in [-0.1, -0.05) is 23.8 Å². The summed E-state index contributed by atoms with van der Waals surface area (Å²) in [6.07, 6.45) is 5.02. The van der Waals surface area contributed by atoms with E-state index >= 15 is 0 Å². The minimum Gasteiger partial charge on any atom is -0.457 e. The van der Waals surface area contributed by atoms with E-state index in [1.165, 1.54) is 5.57 Å². The molecule has 2 aromatic carbocycles. The van der Waals surface area contributed by atoms with E-state index in [9.17, 15) is 4.79 Å². The van der Waals surface area contributed by atoms with Crippen LogP contribution in [0.1, 0.15) is 42.1 Å². The number of hydrogen-bond donors (Lipinski definition) is 0. The van der Waals surface area contributed by atoms with Gasteiger partial charge in [-0.3, -0.25) is 4.79 Å². The lowest BCUT2D eigenvalue weighted by molar-refractivity contribution is -0.0522. The first-order chi connectivity index (χ1) is 13.5. The number of benzene rings is 2. The van der Waals surface area contributed by atoms with E-state index in [0.29, 0.717) is 5.56 Å². The molecule has 2 aromatic rings. The number of aryl methyl sites for hydroxylation is 1. The van der Waals surface area contributed by atoms with E-state index in [-0.39, 0.29) is 11.5 Å². The molecule has 0 aliphatic carbocycles. The zero-order chi connectivity index (χ0) is 19.6. The first-order valence-electron chi connectivity index (χ1n) is 9.99. The first-order valence-corrected chi connectivity index (χ1v) is 9.99. The van der Waals surface area contributed by atoms with Gasteiger partial charge < -0.3 is 14.4 Å². The molecule has 0 saturated carbocycles. The van der Waals surface area contributed by atoms with Gasteiger partial charge in [0.25, 0.3) is 5.91 Å². The molecule has 4 heteroatoms. The number of piperidine rings is 1. The van der Waals surface area contributed by atoms with E-state index in [1.54, 1.807) is 0 Å². The Morgan fingerprint density at radius 2 is 1.79 bits per heavy atom. The quantitative estimate of drug-likeness (QED) is 0.696. The van der Waals surface area contributed by atoms with E-state index in [1.807, 2.05) is 60.4 Å². The number of amides is 1. The van der Waals surface area contributed by atoms with Crippen molar-refractivity contribution in [1.82, 2.24) is 4.90 Å². The van der Waals surface area contributed by atoms with Gasteiger partial charge >= 0.3 is 0 Å². The number of carbonyl (C=O) groups excluding carboxylic acids is 1. The summed E-state index contributed by atoms with van der Waals surface area (Å²) in [6, 6.07) is 15.3. The number of ether oxygens (including phenoxy) is 2. The molecule has 0 N–H and O–H groups in total. The fourth-order valence-corrected chi connectivity index (χ4v) is 4.02. The summed E-state index contributed by atoms with van der Waals surface area (Å²) in [5, 5.41) is 0. The zero-order valence-corrected chi connectivity index (χ0v) is 16.6. The molecule has 0 radical (unpaired) electrons. The maximum Gasteiger partial charge on any atom is 0.253 e. The Kier molecular flexibility index (Phi) is 5.23. The minimum atomic E-state index is -0.162. The van der Waals surface area contributed by atoms with Crippen molar-refractivity contribution in [3.63, 3.8) is 0 Å². The molecule has 146 valence electrons. The maximum absolute atomic E-state index is 12.9. The molecule has 28 heavy (non-hydrogen) atoms. The van der Waals surface area contributed by atoms with Gasteiger partial charge in [0.1, 0.15) is 11.5 Å². The molecule has 0 unspecified atom stereocenters. The van der Waals surface area contributed by atoms with Crippen LogP contribution in [0.5, 0.6) is 11.5 Å². The van der Waals surface area contributed by atoms with Crippen molar-refractivity contribution in [1.29, 1.82) is 0 Å². The van der Waals surface area contributed by atoms with E-state index in [4.69, 9.17) is 9.47 Å². The van der Waals surface area contributed by atoms with E-state index < -0.39 is 0 Å². The third kappa shape index (κ3) is 4.12. The van der Waals surface area contributed by atoms with Crippen LogP contribution in [-0.4, -0.2) is 36.1 Å². The topological polar surface area (TPSA) is 38.8 Å². The summed E-state index contributed by atoms with van der Waals surface area (Å²) in [4.78, 5) is 14.8. The van der Waals surface area contributed by atoms with Gasteiger partial charge in [-0.05, 0) is 75.1 Å². The van der Waals surface area contributed by atoms with Crippen LogP contribution in [0.3, 0.4) is 0 Å². The van der Waals surface area contributed by atoms with Gasteiger partial charge in [-0.25, -0.2) is 0 Å². The maximum atomic E-state index is 12.9. The molecule has 4 nitrogen and oxygen atoms in total. The average Bonchev–Trinajstić information content (AvgIpc) is 2.69. The van der Waals surface area contributed by atoms with Crippen molar-refractivity contribution < 1.29 is 14.3 Å². The highest BCUT2D eigenvalue weighted by Crippen LogP contribution is 2.33. The van der Waals surface area contributed by atoms with Crippen molar-refractivity contribution in [2.75, 3.05) is 19.7 Å². The summed E-state index contributed by atoms with van der Waals surface area (Å²) >= 11 is 0. The van der Waals surface area contributed by atoms with Crippen LogP contribution in [0.25, 0.3) is 0 Å². The first kappa shape index (κ1) is 18.8. The summed E-state index contributed by atoms with van der Waals surface area (Å²) < 4.78 is 11.9. The van der Waals surface area contributed by atoms with Crippen molar-refractivity contribution in [2.24, 2.45) is 0 Å². The number of carbonyl (C=O) groups is 1. The molecule has 0 atom stereocenters. The zero-order valence-electron chi connectivity index (χ0n) is 16.6. The summed E-state index contributed by atoms with van der Waals surface area (Å²) in [6.45, 7) is 6.45. The van der Waals surface area contributed by atoms with Crippen molar-refractivity contribution in [3.05, 3.63) is 71.3 Å². The monoisotopic (exact) mass is 377 g/mol. The van der Waals surface area contributed by atoms with Gasteiger partial charge in [0.05, 0.1) is 12.2 Å². The van der Waals surface area contributed by atoms with Gasteiger partial charge in [-0.2, -0.15) is 0 Å². The summed E-state index contributed by atoms with van der Waals surface area (Å²) in [7, 11) is 0. The molecular formula is C24H27NO3. The van der Waals surface area contributed by atoms with Crippen LogP contribution in [0.15, 0.2) is 60.2 Å².